The van der Waals surface area contributed by atoms with Crippen molar-refractivity contribution in [1.29, 1.82) is 0 Å². The first kappa shape index (κ1) is 26.6. The van der Waals surface area contributed by atoms with Crippen LogP contribution in [-0.4, -0.2) is 42.9 Å². The van der Waals surface area contributed by atoms with Crippen LogP contribution in [-0.2, 0) is 9.59 Å². The lowest BCUT2D eigenvalue weighted by Crippen LogP contribution is -2.38. The average Bonchev–Trinajstić information content (AvgIpc) is 2.83. The normalized spacial score (nSPS) is 14.9. The molecule has 2 aromatic carbocycles. The number of likely N-dealkylation sites (tertiary alicyclic amines) is 1. The Morgan fingerprint density at radius 2 is 1.68 bits per heavy atom. The Morgan fingerprint density at radius 1 is 0.941 bits per heavy atom. The van der Waals surface area contributed by atoms with Gasteiger partial charge in [-0.25, -0.2) is 0 Å². The summed E-state index contributed by atoms with van der Waals surface area (Å²) in [5.74, 6) is -0.0306. The molecule has 34 heavy (non-hydrogen) atoms. The van der Waals surface area contributed by atoms with Gasteiger partial charge in [0.1, 0.15) is 0 Å². The molecular weight excluding hydrogens is 493 g/mol. The molecule has 0 bridgehead atoms. The van der Waals surface area contributed by atoms with Crippen molar-refractivity contribution in [2.45, 2.75) is 32.1 Å². The van der Waals surface area contributed by atoms with E-state index in [1.54, 1.807) is 42.5 Å². The van der Waals surface area contributed by atoms with Crippen LogP contribution in [0.2, 0.25) is 15.1 Å². The summed E-state index contributed by atoms with van der Waals surface area (Å²) in [6.45, 7) is 3.53. The molecule has 0 atom stereocenters. The van der Waals surface area contributed by atoms with Crippen LogP contribution in [0.1, 0.15) is 37.7 Å². The zero-order valence-electron chi connectivity index (χ0n) is 19.0. The fourth-order valence-electron chi connectivity index (χ4n) is 3.89. The second-order valence-corrected chi connectivity index (χ2v) is 9.72. The lowest BCUT2D eigenvalue weighted by atomic mass is 9.95. The van der Waals surface area contributed by atoms with Gasteiger partial charge in [0.05, 0.1) is 10.0 Å². The molecule has 3 rings (SSSR count). The number of carbonyl (C=O) groups excluding carboxylic acids is 2. The molecule has 8 heteroatoms. The Morgan fingerprint density at radius 3 is 2.38 bits per heavy atom. The minimum absolute atomic E-state index is 0.0156. The van der Waals surface area contributed by atoms with Gasteiger partial charge >= 0.3 is 0 Å². The minimum atomic E-state index is -0.0869. The number of benzene rings is 2. The van der Waals surface area contributed by atoms with Gasteiger partial charge in [0, 0.05) is 29.2 Å². The smallest absolute Gasteiger partial charge is 0.243 e. The molecule has 2 amide bonds. The lowest BCUT2D eigenvalue weighted by Gasteiger charge is -2.31. The average molecular weight is 523 g/mol. The summed E-state index contributed by atoms with van der Waals surface area (Å²) in [5, 5.41) is 7.45. The van der Waals surface area contributed by atoms with Gasteiger partial charge in [-0.1, -0.05) is 53.4 Å². The Kier molecular flexibility index (Phi) is 10.7. The third-order valence-electron chi connectivity index (χ3n) is 5.89. The highest BCUT2D eigenvalue weighted by atomic mass is 35.5. The van der Waals surface area contributed by atoms with Gasteiger partial charge in [-0.05, 0) is 87.3 Å². The molecule has 5 nitrogen and oxygen atoms in total. The van der Waals surface area contributed by atoms with Gasteiger partial charge < -0.3 is 15.5 Å². The quantitative estimate of drug-likeness (QED) is 0.284. The third-order valence-corrected chi connectivity index (χ3v) is 6.88. The maximum atomic E-state index is 12.5. The molecule has 0 spiro atoms. The molecule has 0 aromatic heterocycles. The Balaban J connectivity index is 1.24. The molecule has 1 fully saturated rings. The summed E-state index contributed by atoms with van der Waals surface area (Å²) < 4.78 is 0. The molecule has 1 heterocycles. The summed E-state index contributed by atoms with van der Waals surface area (Å²) >= 11 is 17.8. The minimum Gasteiger partial charge on any atom is -0.353 e. The van der Waals surface area contributed by atoms with Crippen molar-refractivity contribution in [1.82, 2.24) is 10.2 Å². The Hall–Kier alpha value is -2.05. The molecule has 0 aliphatic carbocycles. The van der Waals surface area contributed by atoms with E-state index in [4.69, 9.17) is 34.8 Å². The van der Waals surface area contributed by atoms with Crippen molar-refractivity contribution in [2.75, 3.05) is 31.5 Å². The monoisotopic (exact) mass is 521 g/mol. The molecule has 1 aliphatic rings. The van der Waals surface area contributed by atoms with E-state index in [2.05, 4.69) is 15.5 Å². The van der Waals surface area contributed by atoms with Crippen LogP contribution in [0.3, 0.4) is 0 Å². The van der Waals surface area contributed by atoms with Gasteiger partial charge in [0.15, 0.2) is 0 Å². The van der Waals surface area contributed by atoms with Crippen LogP contribution in [0.4, 0.5) is 5.69 Å². The standard InChI is InChI=1S/C26H30Cl3N3O2/c27-21-7-4-19(5-8-21)6-11-25(33)30-14-2-1-3-15-32-16-12-20(13-17-32)26(34)31-22-9-10-23(28)24(29)18-22/h4-11,18,20H,1-3,12-17H2,(H,30,33)(H,31,34)/b11-6+. The molecular formula is C26H30Cl3N3O2. The number of hydrogen-bond donors (Lipinski definition) is 2. The number of anilines is 1. The molecule has 0 radical (unpaired) electrons. The van der Waals surface area contributed by atoms with Crippen LogP contribution in [0, 0.1) is 5.92 Å². The first-order valence-corrected chi connectivity index (χ1v) is 12.7. The number of nitrogens with zero attached hydrogens (tertiary/aromatic N) is 1. The molecule has 0 unspecified atom stereocenters. The molecule has 1 aliphatic heterocycles. The number of halogens is 3. The van der Waals surface area contributed by atoms with Crippen LogP contribution in [0.15, 0.2) is 48.5 Å². The SMILES string of the molecule is O=C(/C=C/c1ccc(Cl)cc1)NCCCCCN1CCC(C(=O)Nc2ccc(Cl)c(Cl)c2)CC1. The van der Waals surface area contributed by atoms with Gasteiger partial charge in [0.25, 0.3) is 0 Å². The molecule has 0 saturated carbocycles. The number of unbranched alkanes of at least 4 members (excludes halogenated alkanes) is 2. The van der Waals surface area contributed by atoms with Crippen molar-refractivity contribution in [3.05, 3.63) is 69.2 Å². The maximum Gasteiger partial charge on any atom is 0.243 e. The van der Waals surface area contributed by atoms with Crippen molar-refractivity contribution in [3.8, 4) is 0 Å². The van der Waals surface area contributed by atoms with Crippen molar-refractivity contribution < 1.29 is 9.59 Å². The van der Waals surface area contributed by atoms with E-state index >= 15 is 0 Å². The summed E-state index contributed by atoms with van der Waals surface area (Å²) in [5.41, 5.74) is 1.62. The predicted octanol–water partition coefficient (Wildman–Crippen LogP) is 6.30. The topological polar surface area (TPSA) is 61.4 Å². The van der Waals surface area contributed by atoms with Crippen LogP contribution < -0.4 is 10.6 Å². The number of rotatable bonds is 10. The first-order valence-electron chi connectivity index (χ1n) is 11.6. The van der Waals surface area contributed by atoms with E-state index < -0.39 is 0 Å². The number of carbonyl (C=O) groups is 2. The number of piperidine rings is 1. The Labute approximate surface area is 216 Å². The van der Waals surface area contributed by atoms with E-state index in [1.165, 1.54) is 0 Å². The second-order valence-electron chi connectivity index (χ2n) is 8.47. The van der Waals surface area contributed by atoms with Crippen molar-refractivity contribution in [2.24, 2.45) is 5.92 Å². The second kappa shape index (κ2) is 13.7. The zero-order chi connectivity index (χ0) is 24.3. The van der Waals surface area contributed by atoms with E-state index in [0.717, 1.165) is 57.3 Å². The number of nitrogens with one attached hydrogen (secondary N) is 2. The van der Waals surface area contributed by atoms with E-state index in [0.29, 0.717) is 27.3 Å². The van der Waals surface area contributed by atoms with Gasteiger partial charge in [-0.3, -0.25) is 9.59 Å². The van der Waals surface area contributed by atoms with Gasteiger partial charge in [-0.2, -0.15) is 0 Å². The van der Waals surface area contributed by atoms with E-state index in [9.17, 15) is 9.59 Å². The molecule has 182 valence electrons. The number of hydrogen-bond acceptors (Lipinski definition) is 3. The highest BCUT2D eigenvalue weighted by Gasteiger charge is 2.24. The van der Waals surface area contributed by atoms with Crippen LogP contribution in [0.25, 0.3) is 6.08 Å². The Bertz CT molecular complexity index is 987. The van der Waals surface area contributed by atoms with Crippen LogP contribution >= 0.6 is 34.8 Å². The highest BCUT2D eigenvalue weighted by Crippen LogP contribution is 2.26. The fraction of sp³-hybridized carbons (Fsp3) is 0.385. The lowest BCUT2D eigenvalue weighted by molar-refractivity contribution is -0.121. The maximum absolute atomic E-state index is 12.5. The summed E-state index contributed by atoms with van der Waals surface area (Å²) in [6.07, 6.45) is 8.11. The van der Waals surface area contributed by atoms with E-state index in [1.807, 2.05) is 12.1 Å². The van der Waals surface area contributed by atoms with Crippen molar-refractivity contribution in [3.63, 3.8) is 0 Å². The number of amides is 2. The molecule has 2 N–H and O–H groups in total. The molecule has 1 saturated heterocycles. The predicted molar refractivity (Wildman–Crippen MR) is 142 cm³/mol. The first-order chi connectivity index (χ1) is 16.4. The fourth-order valence-corrected chi connectivity index (χ4v) is 4.31. The summed E-state index contributed by atoms with van der Waals surface area (Å²) in [4.78, 5) is 26.9. The van der Waals surface area contributed by atoms with E-state index in [-0.39, 0.29) is 17.7 Å². The van der Waals surface area contributed by atoms with Crippen LogP contribution in [0.5, 0.6) is 0 Å². The van der Waals surface area contributed by atoms with Gasteiger partial charge in [-0.15, -0.1) is 0 Å². The van der Waals surface area contributed by atoms with Gasteiger partial charge in [0.2, 0.25) is 11.8 Å². The van der Waals surface area contributed by atoms with Crippen molar-refractivity contribution >= 4 is 58.4 Å². The summed E-state index contributed by atoms with van der Waals surface area (Å²) in [7, 11) is 0. The highest BCUT2D eigenvalue weighted by molar-refractivity contribution is 6.42. The summed E-state index contributed by atoms with van der Waals surface area (Å²) in [6, 6.07) is 12.5. The zero-order valence-corrected chi connectivity index (χ0v) is 21.3. The molecule has 2 aromatic rings. The largest absolute Gasteiger partial charge is 0.353 e. The third kappa shape index (κ3) is 8.95.